The van der Waals surface area contributed by atoms with Gasteiger partial charge < -0.3 is 14.4 Å². The van der Waals surface area contributed by atoms with E-state index in [1.165, 1.54) is 12.7 Å². The Morgan fingerprint density at radius 2 is 1.88 bits per heavy atom. The number of hydrogen-bond donors (Lipinski definition) is 0. The molecular formula is C19H18N4O3. The molecule has 2 aromatic heterocycles. The molecule has 0 saturated carbocycles. The SMILES string of the molecule is O=C(c1cc2c(-c3ccc4c(c3)OCO4)ncnn2c1)N1CCCCC1. The van der Waals surface area contributed by atoms with Gasteiger partial charge in [-0.25, -0.2) is 9.50 Å². The first kappa shape index (κ1) is 15.2. The van der Waals surface area contributed by atoms with E-state index in [4.69, 9.17) is 9.47 Å². The van der Waals surface area contributed by atoms with Crippen molar-refractivity contribution in [3.63, 3.8) is 0 Å². The van der Waals surface area contributed by atoms with Crippen LogP contribution in [0.25, 0.3) is 16.8 Å². The number of rotatable bonds is 2. The molecule has 132 valence electrons. The number of piperidine rings is 1. The highest BCUT2D eigenvalue weighted by atomic mass is 16.7. The van der Waals surface area contributed by atoms with Gasteiger partial charge in [-0.3, -0.25) is 4.79 Å². The second kappa shape index (κ2) is 6.01. The fourth-order valence-electron chi connectivity index (χ4n) is 3.59. The Kier molecular flexibility index (Phi) is 3.51. The smallest absolute Gasteiger partial charge is 0.255 e. The summed E-state index contributed by atoms with van der Waals surface area (Å²) in [5, 5.41) is 4.27. The van der Waals surface area contributed by atoms with Crippen molar-refractivity contribution in [2.45, 2.75) is 19.3 Å². The zero-order valence-electron chi connectivity index (χ0n) is 14.2. The summed E-state index contributed by atoms with van der Waals surface area (Å²) in [6, 6.07) is 7.59. The Balaban J connectivity index is 1.55. The van der Waals surface area contributed by atoms with Gasteiger partial charge in [0.05, 0.1) is 16.8 Å². The largest absolute Gasteiger partial charge is 0.454 e. The van der Waals surface area contributed by atoms with E-state index < -0.39 is 0 Å². The summed E-state index contributed by atoms with van der Waals surface area (Å²) in [4.78, 5) is 19.2. The fraction of sp³-hybridized carbons (Fsp3) is 0.316. The maximum atomic E-state index is 12.8. The van der Waals surface area contributed by atoms with Crippen LogP contribution < -0.4 is 9.47 Å². The highest BCUT2D eigenvalue weighted by Crippen LogP contribution is 2.36. The molecular weight excluding hydrogens is 332 g/mol. The van der Waals surface area contributed by atoms with Gasteiger partial charge in [0.1, 0.15) is 6.33 Å². The molecule has 0 spiro atoms. The number of aromatic nitrogens is 3. The van der Waals surface area contributed by atoms with Crippen LogP contribution in [0.1, 0.15) is 29.6 Å². The van der Waals surface area contributed by atoms with Gasteiger partial charge in [0.15, 0.2) is 11.5 Å². The molecule has 5 rings (SSSR count). The van der Waals surface area contributed by atoms with Crippen molar-refractivity contribution in [2.24, 2.45) is 0 Å². The van der Waals surface area contributed by atoms with Crippen LogP contribution >= 0.6 is 0 Å². The zero-order valence-corrected chi connectivity index (χ0v) is 14.2. The fourth-order valence-corrected chi connectivity index (χ4v) is 3.59. The van der Waals surface area contributed by atoms with E-state index >= 15 is 0 Å². The van der Waals surface area contributed by atoms with Gasteiger partial charge in [-0.1, -0.05) is 0 Å². The van der Waals surface area contributed by atoms with Crippen LogP contribution in [0.4, 0.5) is 0 Å². The third-order valence-corrected chi connectivity index (χ3v) is 4.94. The summed E-state index contributed by atoms with van der Waals surface area (Å²) in [6.45, 7) is 1.88. The Labute approximate surface area is 150 Å². The number of nitrogens with zero attached hydrogens (tertiary/aromatic N) is 4. The standard InChI is InChI=1S/C19H18N4O3/c24-19(22-6-2-1-3-7-22)14-8-15-18(20-11-21-23(15)10-14)13-4-5-16-17(9-13)26-12-25-16/h4-5,8-11H,1-3,6-7,12H2. The Morgan fingerprint density at radius 3 is 2.77 bits per heavy atom. The molecule has 0 atom stereocenters. The predicted octanol–water partition coefficient (Wildman–Crippen LogP) is 2.75. The molecule has 26 heavy (non-hydrogen) atoms. The molecule has 1 aromatic carbocycles. The average Bonchev–Trinajstić information content (AvgIpc) is 3.33. The van der Waals surface area contributed by atoms with E-state index in [0.29, 0.717) is 11.3 Å². The minimum Gasteiger partial charge on any atom is -0.454 e. The summed E-state index contributed by atoms with van der Waals surface area (Å²) in [6.07, 6.45) is 6.62. The Bertz CT molecular complexity index is 992. The number of amides is 1. The summed E-state index contributed by atoms with van der Waals surface area (Å²) < 4.78 is 12.5. The Hall–Kier alpha value is -3.09. The maximum Gasteiger partial charge on any atom is 0.255 e. The molecule has 0 N–H and O–H groups in total. The molecule has 0 unspecified atom stereocenters. The van der Waals surface area contributed by atoms with Crippen LogP contribution in [0.2, 0.25) is 0 Å². The minimum absolute atomic E-state index is 0.0619. The van der Waals surface area contributed by atoms with E-state index in [0.717, 1.165) is 48.5 Å². The summed E-state index contributed by atoms with van der Waals surface area (Å²) in [5.74, 6) is 1.50. The molecule has 3 aromatic rings. The van der Waals surface area contributed by atoms with Crippen LogP contribution in [0.15, 0.2) is 36.8 Å². The number of likely N-dealkylation sites (tertiary alicyclic amines) is 1. The molecule has 2 aliphatic heterocycles. The second-order valence-corrected chi connectivity index (χ2v) is 6.59. The molecule has 0 bridgehead atoms. The molecule has 1 fully saturated rings. The summed E-state index contributed by atoms with van der Waals surface area (Å²) in [7, 11) is 0. The third kappa shape index (κ3) is 2.47. The van der Waals surface area contributed by atoms with Gasteiger partial charge >= 0.3 is 0 Å². The highest BCUT2D eigenvalue weighted by molar-refractivity contribution is 5.97. The first-order valence-electron chi connectivity index (χ1n) is 8.82. The average molecular weight is 350 g/mol. The van der Waals surface area contributed by atoms with Gasteiger partial charge in [0.2, 0.25) is 6.79 Å². The van der Waals surface area contributed by atoms with Crippen molar-refractivity contribution in [1.82, 2.24) is 19.5 Å². The van der Waals surface area contributed by atoms with Crippen LogP contribution in [0.3, 0.4) is 0 Å². The molecule has 4 heterocycles. The normalized spacial score (nSPS) is 16.2. The van der Waals surface area contributed by atoms with E-state index in [1.54, 1.807) is 10.7 Å². The van der Waals surface area contributed by atoms with Crippen LogP contribution in [0.5, 0.6) is 11.5 Å². The van der Waals surface area contributed by atoms with Crippen molar-refractivity contribution in [2.75, 3.05) is 19.9 Å². The lowest BCUT2D eigenvalue weighted by Gasteiger charge is -2.26. The van der Waals surface area contributed by atoms with Gasteiger partial charge in [-0.2, -0.15) is 5.10 Å². The van der Waals surface area contributed by atoms with E-state index in [9.17, 15) is 4.79 Å². The van der Waals surface area contributed by atoms with Gasteiger partial charge in [-0.15, -0.1) is 0 Å². The van der Waals surface area contributed by atoms with Gasteiger partial charge in [0.25, 0.3) is 5.91 Å². The van der Waals surface area contributed by atoms with E-state index in [2.05, 4.69) is 10.1 Å². The molecule has 0 aliphatic carbocycles. The van der Waals surface area contributed by atoms with Crippen LogP contribution in [-0.4, -0.2) is 45.3 Å². The summed E-state index contributed by atoms with van der Waals surface area (Å²) in [5.41, 5.74) is 3.11. The van der Waals surface area contributed by atoms with Gasteiger partial charge in [0, 0.05) is 24.8 Å². The zero-order chi connectivity index (χ0) is 17.5. The molecule has 7 heteroatoms. The van der Waals surface area contributed by atoms with Crippen molar-refractivity contribution in [1.29, 1.82) is 0 Å². The molecule has 2 aliphatic rings. The predicted molar refractivity (Wildman–Crippen MR) is 94.3 cm³/mol. The third-order valence-electron chi connectivity index (χ3n) is 4.94. The lowest BCUT2D eigenvalue weighted by molar-refractivity contribution is 0.0724. The monoisotopic (exact) mass is 350 g/mol. The summed E-state index contributed by atoms with van der Waals surface area (Å²) >= 11 is 0. The lowest BCUT2D eigenvalue weighted by atomic mass is 10.1. The quantitative estimate of drug-likeness (QED) is 0.711. The lowest BCUT2D eigenvalue weighted by Crippen LogP contribution is -2.35. The highest BCUT2D eigenvalue weighted by Gasteiger charge is 2.21. The molecule has 1 saturated heterocycles. The number of fused-ring (bicyclic) bond motifs is 2. The van der Waals surface area contributed by atoms with Crippen molar-refractivity contribution in [3.8, 4) is 22.8 Å². The molecule has 1 amide bonds. The first-order valence-corrected chi connectivity index (χ1v) is 8.82. The number of carbonyl (C=O) groups excluding carboxylic acids is 1. The first-order chi connectivity index (χ1) is 12.8. The Morgan fingerprint density at radius 1 is 1.04 bits per heavy atom. The van der Waals surface area contributed by atoms with E-state index in [1.807, 2.05) is 29.2 Å². The topological polar surface area (TPSA) is 69.0 Å². The number of benzene rings is 1. The molecule has 7 nitrogen and oxygen atoms in total. The number of ether oxygens (including phenoxy) is 2. The number of carbonyl (C=O) groups is 1. The number of hydrogen-bond acceptors (Lipinski definition) is 5. The maximum absolute atomic E-state index is 12.8. The van der Waals surface area contributed by atoms with Gasteiger partial charge in [-0.05, 0) is 43.5 Å². The second-order valence-electron chi connectivity index (χ2n) is 6.59. The minimum atomic E-state index is 0.0619. The van der Waals surface area contributed by atoms with Crippen molar-refractivity contribution >= 4 is 11.4 Å². The van der Waals surface area contributed by atoms with Crippen molar-refractivity contribution in [3.05, 3.63) is 42.4 Å². The molecule has 0 radical (unpaired) electrons. The van der Waals surface area contributed by atoms with Crippen LogP contribution in [0, 0.1) is 0 Å². The van der Waals surface area contributed by atoms with Crippen molar-refractivity contribution < 1.29 is 14.3 Å². The van der Waals surface area contributed by atoms with Crippen LogP contribution in [-0.2, 0) is 0 Å². The van der Waals surface area contributed by atoms with E-state index in [-0.39, 0.29) is 12.7 Å².